The summed E-state index contributed by atoms with van der Waals surface area (Å²) in [4.78, 5) is 15.9. The summed E-state index contributed by atoms with van der Waals surface area (Å²) in [6.07, 6.45) is -2.30. The van der Waals surface area contributed by atoms with E-state index in [4.69, 9.17) is 0 Å². The maximum Gasteiger partial charge on any atom is 0.416 e. The summed E-state index contributed by atoms with van der Waals surface area (Å²) in [6.45, 7) is 0. The Morgan fingerprint density at radius 3 is 2.30 bits per heavy atom. The summed E-state index contributed by atoms with van der Waals surface area (Å²) in [5, 5.41) is 2.30. The molecule has 0 bridgehead atoms. The highest BCUT2D eigenvalue weighted by atomic mass is 32.2. The number of carbonyl (C=O) groups excluding carboxylic acids is 1. The number of carbonyl (C=O) groups is 1. The number of hydrogen-bond donors (Lipinski definition) is 2. The van der Waals surface area contributed by atoms with Crippen LogP contribution in [-0.2, 0) is 16.2 Å². The number of anilines is 2. The minimum absolute atomic E-state index is 0.0592. The van der Waals surface area contributed by atoms with E-state index in [1.165, 1.54) is 6.07 Å². The van der Waals surface area contributed by atoms with Crippen molar-refractivity contribution >= 4 is 27.3 Å². The molecule has 0 aliphatic carbocycles. The van der Waals surface area contributed by atoms with Crippen LogP contribution in [0.3, 0.4) is 0 Å². The Balaban J connectivity index is 1.78. The number of nitrogens with zero attached hydrogens (tertiary/aromatic N) is 1. The van der Waals surface area contributed by atoms with Gasteiger partial charge in [-0.3, -0.25) is 14.5 Å². The largest absolute Gasteiger partial charge is 0.416 e. The molecule has 0 radical (unpaired) electrons. The first kappa shape index (κ1) is 21.2. The molecule has 1 amide bonds. The summed E-state index contributed by atoms with van der Waals surface area (Å²) in [5.74, 6) is -1.39. The quantitative estimate of drug-likeness (QED) is 0.581. The van der Waals surface area contributed by atoms with Gasteiger partial charge in [-0.2, -0.15) is 13.2 Å². The van der Waals surface area contributed by atoms with Gasteiger partial charge < -0.3 is 5.32 Å². The minimum Gasteiger partial charge on any atom is -0.322 e. The van der Waals surface area contributed by atoms with E-state index in [1.807, 2.05) is 0 Å². The fourth-order valence-electron chi connectivity index (χ4n) is 2.42. The molecule has 2 aromatic carbocycles. The van der Waals surface area contributed by atoms with Gasteiger partial charge in [-0.1, -0.05) is 6.07 Å². The molecule has 1 aromatic heterocycles. The molecule has 0 saturated carbocycles. The molecular formula is C19H13F4N3O3S. The first-order valence-electron chi connectivity index (χ1n) is 8.27. The van der Waals surface area contributed by atoms with Crippen molar-refractivity contribution in [2.45, 2.75) is 11.1 Å². The lowest BCUT2D eigenvalue weighted by atomic mass is 10.2. The van der Waals surface area contributed by atoms with Crippen LogP contribution < -0.4 is 10.0 Å². The van der Waals surface area contributed by atoms with Gasteiger partial charge in [0.15, 0.2) is 0 Å². The summed E-state index contributed by atoms with van der Waals surface area (Å²) >= 11 is 0. The Morgan fingerprint density at radius 1 is 0.933 bits per heavy atom. The molecule has 0 fully saturated rings. The van der Waals surface area contributed by atoms with E-state index in [2.05, 4.69) is 15.0 Å². The molecule has 2 N–H and O–H groups in total. The van der Waals surface area contributed by atoms with Gasteiger partial charge in [0.1, 0.15) is 5.82 Å². The van der Waals surface area contributed by atoms with Gasteiger partial charge >= 0.3 is 6.18 Å². The lowest BCUT2D eigenvalue weighted by Gasteiger charge is -2.11. The lowest BCUT2D eigenvalue weighted by Crippen LogP contribution is -2.16. The molecule has 3 rings (SSSR count). The second-order valence-electron chi connectivity index (χ2n) is 6.05. The molecule has 6 nitrogen and oxygen atoms in total. The molecule has 0 aliphatic heterocycles. The average Bonchev–Trinajstić information content (AvgIpc) is 2.68. The number of sulfonamides is 1. The van der Waals surface area contributed by atoms with Crippen molar-refractivity contribution in [3.05, 3.63) is 83.9 Å². The Morgan fingerprint density at radius 2 is 1.63 bits per heavy atom. The van der Waals surface area contributed by atoms with Crippen molar-refractivity contribution in [2.75, 3.05) is 10.0 Å². The molecule has 156 valence electrons. The summed E-state index contributed by atoms with van der Waals surface area (Å²) < 4.78 is 78.3. The number of amides is 1. The number of alkyl halides is 3. The van der Waals surface area contributed by atoms with E-state index in [1.54, 1.807) is 0 Å². The number of aromatic nitrogens is 1. The molecular weight excluding hydrogens is 426 g/mol. The molecule has 3 aromatic rings. The zero-order chi connectivity index (χ0) is 21.9. The van der Waals surface area contributed by atoms with Gasteiger partial charge in [0, 0.05) is 11.9 Å². The highest BCUT2D eigenvalue weighted by molar-refractivity contribution is 7.92. The van der Waals surface area contributed by atoms with Crippen LogP contribution >= 0.6 is 0 Å². The van der Waals surface area contributed by atoms with Crippen molar-refractivity contribution in [1.29, 1.82) is 0 Å². The molecule has 11 heteroatoms. The highest BCUT2D eigenvalue weighted by Crippen LogP contribution is 2.30. The zero-order valence-electron chi connectivity index (χ0n) is 14.9. The predicted molar refractivity (Wildman–Crippen MR) is 101 cm³/mol. The lowest BCUT2D eigenvalue weighted by molar-refractivity contribution is -0.137. The maximum absolute atomic E-state index is 13.0. The number of hydrogen-bond acceptors (Lipinski definition) is 4. The number of pyridine rings is 1. The Kier molecular flexibility index (Phi) is 5.74. The normalized spacial score (nSPS) is 11.7. The molecule has 0 spiro atoms. The van der Waals surface area contributed by atoms with Crippen LogP contribution in [0.4, 0.5) is 28.9 Å². The van der Waals surface area contributed by atoms with Crippen molar-refractivity contribution in [3.63, 3.8) is 0 Å². The van der Waals surface area contributed by atoms with Gasteiger partial charge in [-0.15, -0.1) is 0 Å². The van der Waals surface area contributed by atoms with Gasteiger partial charge in [-0.05, 0) is 48.5 Å². The van der Waals surface area contributed by atoms with E-state index in [0.717, 1.165) is 60.9 Å². The second kappa shape index (κ2) is 8.11. The standard InChI is InChI=1S/C19H13F4N3O3S/c20-14-4-6-17(7-5-14)30(28,29)26-16-8-12(10-24-11-16)18(27)25-15-3-1-2-13(9-15)19(21,22)23/h1-11,26H,(H,25,27). The molecule has 0 unspecified atom stereocenters. The summed E-state index contributed by atoms with van der Waals surface area (Å²) in [5.41, 5.74) is -1.17. The second-order valence-corrected chi connectivity index (χ2v) is 7.74. The molecule has 0 saturated heterocycles. The molecule has 30 heavy (non-hydrogen) atoms. The summed E-state index contributed by atoms with van der Waals surface area (Å²) in [7, 11) is -4.07. The fraction of sp³-hybridized carbons (Fsp3) is 0.0526. The van der Waals surface area contributed by atoms with E-state index in [0.29, 0.717) is 0 Å². The number of rotatable bonds is 5. The van der Waals surface area contributed by atoms with Crippen LogP contribution in [0.5, 0.6) is 0 Å². The van der Waals surface area contributed by atoms with Crippen molar-refractivity contribution in [1.82, 2.24) is 4.98 Å². The van der Waals surface area contributed by atoms with Crippen molar-refractivity contribution < 1.29 is 30.8 Å². The van der Waals surface area contributed by atoms with E-state index in [9.17, 15) is 30.8 Å². The van der Waals surface area contributed by atoms with Gasteiger partial charge in [0.2, 0.25) is 0 Å². The first-order valence-corrected chi connectivity index (χ1v) is 9.75. The Labute approximate surface area is 168 Å². The average molecular weight is 439 g/mol. The van der Waals surface area contributed by atoms with E-state index in [-0.39, 0.29) is 21.8 Å². The first-order chi connectivity index (χ1) is 14.0. The Hall–Kier alpha value is -3.47. The zero-order valence-corrected chi connectivity index (χ0v) is 15.8. The van der Waals surface area contributed by atoms with Gasteiger partial charge in [0.25, 0.3) is 15.9 Å². The third kappa shape index (κ3) is 5.11. The van der Waals surface area contributed by atoms with Crippen LogP contribution in [0.15, 0.2) is 71.9 Å². The topological polar surface area (TPSA) is 88.2 Å². The maximum atomic E-state index is 13.0. The van der Waals surface area contributed by atoms with Crippen LogP contribution in [0, 0.1) is 5.82 Å². The number of halogens is 4. The van der Waals surface area contributed by atoms with Crippen LogP contribution in [0.1, 0.15) is 15.9 Å². The molecule has 0 atom stereocenters. The van der Waals surface area contributed by atoms with Crippen LogP contribution in [0.25, 0.3) is 0 Å². The van der Waals surface area contributed by atoms with Crippen LogP contribution in [-0.4, -0.2) is 19.3 Å². The number of benzene rings is 2. The minimum atomic E-state index is -4.57. The van der Waals surface area contributed by atoms with Gasteiger partial charge in [-0.25, -0.2) is 12.8 Å². The van der Waals surface area contributed by atoms with Crippen molar-refractivity contribution in [2.24, 2.45) is 0 Å². The SMILES string of the molecule is O=C(Nc1cccc(C(F)(F)F)c1)c1cncc(NS(=O)(=O)c2ccc(F)cc2)c1. The van der Waals surface area contributed by atoms with Crippen molar-refractivity contribution in [3.8, 4) is 0 Å². The van der Waals surface area contributed by atoms with E-state index < -0.39 is 33.5 Å². The summed E-state index contributed by atoms with van der Waals surface area (Å²) in [6, 6.07) is 9.30. The van der Waals surface area contributed by atoms with Gasteiger partial charge in [0.05, 0.1) is 27.9 Å². The van der Waals surface area contributed by atoms with E-state index >= 15 is 0 Å². The molecule has 0 aliphatic rings. The smallest absolute Gasteiger partial charge is 0.322 e. The highest BCUT2D eigenvalue weighted by Gasteiger charge is 2.30. The molecule has 1 heterocycles. The predicted octanol–water partition coefficient (Wildman–Crippen LogP) is 4.29. The number of nitrogens with one attached hydrogen (secondary N) is 2. The van der Waals surface area contributed by atoms with Crippen LogP contribution in [0.2, 0.25) is 0 Å². The monoisotopic (exact) mass is 439 g/mol. The third-order valence-electron chi connectivity index (χ3n) is 3.82. The fourth-order valence-corrected chi connectivity index (χ4v) is 3.46. The third-order valence-corrected chi connectivity index (χ3v) is 5.22. The Bertz CT molecular complexity index is 1180.